The Kier molecular flexibility index (Phi) is 5.13. The van der Waals surface area contributed by atoms with Crippen LogP contribution in [0.3, 0.4) is 0 Å². The average molecular weight is 399 g/mol. The van der Waals surface area contributed by atoms with Crippen LogP contribution in [0.15, 0.2) is 48.7 Å². The summed E-state index contributed by atoms with van der Waals surface area (Å²) in [6, 6.07) is 10.6. The smallest absolute Gasteiger partial charge is 0.183 e. The van der Waals surface area contributed by atoms with E-state index >= 15 is 0 Å². The first kappa shape index (κ1) is 18.9. The summed E-state index contributed by atoms with van der Waals surface area (Å²) >= 11 is 0. The molecule has 29 heavy (non-hydrogen) atoms. The van der Waals surface area contributed by atoms with E-state index in [9.17, 15) is 13.2 Å². The van der Waals surface area contributed by atoms with E-state index in [4.69, 9.17) is 5.11 Å². The van der Waals surface area contributed by atoms with Crippen molar-refractivity contribution in [3.63, 3.8) is 0 Å². The van der Waals surface area contributed by atoms with E-state index in [-0.39, 0.29) is 42.5 Å². The van der Waals surface area contributed by atoms with Crippen molar-refractivity contribution in [1.29, 1.82) is 0 Å². The lowest BCUT2D eigenvalue weighted by Gasteiger charge is -2.06. The fourth-order valence-corrected chi connectivity index (χ4v) is 3.04. The lowest BCUT2D eigenvalue weighted by atomic mass is 10.2. The third-order valence-corrected chi connectivity index (χ3v) is 4.36. The number of benzene rings is 2. The van der Waals surface area contributed by atoms with Crippen molar-refractivity contribution in [2.24, 2.45) is 0 Å². The summed E-state index contributed by atoms with van der Waals surface area (Å²) in [4.78, 5) is 8.09. The SMILES string of the molecule is OCCNc1nc(-c2nn(Cc3ccccc3F)c3c(F)cccc23)ncc1F. The first-order chi connectivity index (χ1) is 14.1. The largest absolute Gasteiger partial charge is 0.395 e. The second kappa shape index (κ2) is 7.88. The van der Waals surface area contributed by atoms with Gasteiger partial charge in [0.15, 0.2) is 17.5 Å². The van der Waals surface area contributed by atoms with E-state index in [1.807, 2.05) is 0 Å². The molecule has 2 heterocycles. The van der Waals surface area contributed by atoms with E-state index in [1.54, 1.807) is 24.3 Å². The van der Waals surface area contributed by atoms with Gasteiger partial charge in [-0.05, 0) is 12.1 Å². The van der Waals surface area contributed by atoms with Crippen molar-refractivity contribution >= 4 is 16.7 Å². The van der Waals surface area contributed by atoms with Gasteiger partial charge in [0.25, 0.3) is 0 Å². The average Bonchev–Trinajstić information content (AvgIpc) is 3.09. The van der Waals surface area contributed by atoms with Gasteiger partial charge in [0.1, 0.15) is 22.8 Å². The molecule has 2 aromatic carbocycles. The van der Waals surface area contributed by atoms with Crippen LogP contribution in [-0.2, 0) is 6.54 Å². The highest BCUT2D eigenvalue weighted by Crippen LogP contribution is 2.29. The van der Waals surface area contributed by atoms with Gasteiger partial charge in [0, 0.05) is 17.5 Å². The van der Waals surface area contributed by atoms with Crippen LogP contribution < -0.4 is 5.32 Å². The molecule has 0 saturated carbocycles. The molecular formula is C20H16F3N5O. The maximum Gasteiger partial charge on any atom is 0.183 e. The van der Waals surface area contributed by atoms with Gasteiger partial charge in [-0.3, -0.25) is 4.68 Å². The van der Waals surface area contributed by atoms with Crippen molar-refractivity contribution in [2.45, 2.75) is 6.54 Å². The molecule has 0 spiro atoms. The molecule has 0 aliphatic rings. The number of nitrogens with one attached hydrogen (secondary N) is 1. The molecule has 0 unspecified atom stereocenters. The first-order valence-corrected chi connectivity index (χ1v) is 8.84. The zero-order chi connectivity index (χ0) is 20.4. The Morgan fingerprint density at radius 2 is 1.76 bits per heavy atom. The molecule has 0 atom stereocenters. The van der Waals surface area contributed by atoms with Crippen molar-refractivity contribution in [1.82, 2.24) is 19.7 Å². The number of anilines is 1. The van der Waals surface area contributed by atoms with Crippen molar-refractivity contribution < 1.29 is 18.3 Å². The quantitative estimate of drug-likeness (QED) is 0.520. The minimum absolute atomic E-state index is 0.000914. The Morgan fingerprint density at radius 3 is 2.55 bits per heavy atom. The number of aliphatic hydroxyl groups is 1. The molecule has 2 aromatic heterocycles. The molecule has 6 nitrogen and oxygen atoms in total. The maximum atomic E-state index is 14.6. The van der Waals surface area contributed by atoms with Gasteiger partial charge in [-0.1, -0.05) is 30.3 Å². The Labute approximate surface area is 163 Å². The van der Waals surface area contributed by atoms with Crippen LogP contribution in [0.2, 0.25) is 0 Å². The van der Waals surface area contributed by atoms with E-state index in [2.05, 4.69) is 20.4 Å². The summed E-state index contributed by atoms with van der Waals surface area (Å²) in [5.74, 6) is -1.67. The summed E-state index contributed by atoms with van der Waals surface area (Å²) in [5, 5.41) is 16.4. The maximum absolute atomic E-state index is 14.6. The van der Waals surface area contributed by atoms with Crippen LogP contribution in [0.5, 0.6) is 0 Å². The standard InChI is InChI=1S/C20H16F3N5O/c21-14-6-2-1-4-12(14)11-28-18-13(5-3-7-15(18)22)17(27-28)20-25-10-16(23)19(26-20)24-8-9-29/h1-7,10,29H,8-9,11H2,(H,24,25,26). The van der Waals surface area contributed by atoms with E-state index in [0.717, 1.165) is 6.20 Å². The molecule has 0 amide bonds. The molecule has 0 aliphatic heterocycles. The molecule has 0 bridgehead atoms. The number of hydrogen-bond acceptors (Lipinski definition) is 5. The zero-order valence-electron chi connectivity index (χ0n) is 15.1. The second-order valence-corrected chi connectivity index (χ2v) is 6.27. The number of fused-ring (bicyclic) bond motifs is 1. The normalized spacial score (nSPS) is 11.2. The monoisotopic (exact) mass is 399 g/mol. The van der Waals surface area contributed by atoms with Crippen LogP contribution in [0.25, 0.3) is 22.4 Å². The predicted molar refractivity (Wildman–Crippen MR) is 102 cm³/mol. The van der Waals surface area contributed by atoms with E-state index in [0.29, 0.717) is 10.9 Å². The van der Waals surface area contributed by atoms with Gasteiger partial charge in [-0.15, -0.1) is 0 Å². The molecule has 0 radical (unpaired) electrons. The lowest BCUT2D eigenvalue weighted by molar-refractivity contribution is 0.310. The van der Waals surface area contributed by atoms with Gasteiger partial charge >= 0.3 is 0 Å². The summed E-state index contributed by atoms with van der Waals surface area (Å²) in [5.41, 5.74) is 0.753. The molecular weight excluding hydrogens is 383 g/mol. The fourth-order valence-electron chi connectivity index (χ4n) is 3.04. The number of nitrogens with zero attached hydrogens (tertiary/aromatic N) is 4. The Morgan fingerprint density at radius 1 is 0.966 bits per heavy atom. The van der Waals surface area contributed by atoms with Gasteiger partial charge in [0.2, 0.25) is 0 Å². The number of para-hydroxylation sites is 1. The topological polar surface area (TPSA) is 75.9 Å². The van der Waals surface area contributed by atoms with Gasteiger partial charge in [-0.2, -0.15) is 5.10 Å². The summed E-state index contributed by atoms with van der Waals surface area (Å²) in [6.07, 6.45) is 0.975. The molecule has 4 rings (SSSR count). The second-order valence-electron chi connectivity index (χ2n) is 6.27. The third kappa shape index (κ3) is 3.64. The van der Waals surface area contributed by atoms with Crippen LogP contribution in [0.4, 0.5) is 19.0 Å². The highest BCUT2D eigenvalue weighted by atomic mass is 19.1. The lowest BCUT2D eigenvalue weighted by Crippen LogP contribution is -2.10. The zero-order valence-corrected chi connectivity index (χ0v) is 15.1. The van der Waals surface area contributed by atoms with Crippen molar-refractivity contribution in [3.8, 4) is 11.5 Å². The highest BCUT2D eigenvalue weighted by Gasteiger charge is 2.19. The molecule has 148 valence electrons. The molecule has 4 aromatic rings. The van der Waals surface area contributed by atoms with Crippen molar-refractivity contribution in [2.75, 3.05) is 18.5 Å². The van der Waals surface area contributed by atoms with Crippen LogP contribution in [0.1, 0.15) is 5.56 Å². The fraction of sp³-hybridized carbons (Fsp3) is 0.150. The van der Waals surface area contributed by atoms with Gasteiger partial charge in [-0.25, -0.2) is 23.1 Å². The van der Waals surface area contributed by atoms with E-state index in [1.165, 1.54) is 22.9 Å². The third-order valence-electron chi connectivity index (χ3n) is 4.36. The minimum Gasteiger partial charge on any atom is -0.395 e. The number of aliphatic hydroxyl groups excluding tert-OH is 1. The molecule has 0 aliphatic carbocycles. The van der Waals surface area contributed by atoms with E-state index < -0.39 is 17.5 Å². The number of hydrogen-bond donors (Lipinski definition) is 2. The predicted octanol–water partition coefficient (Wildman–Crippen LogP) is 3.36. The summed E-state index contributed by atoms with van der Waals surface area (Å²) in [7, 11) is 0. The Bertz CT molecular complexity index is 1180. The molecule has 0 saturated heterocycles. The molecule has 0 fully saturated rings. The van der Waals surface area contributed by atoms with Gasteiger partial charge < -0.3 is 10.4 Å². The minimum atomic E-state index is -0.691. The van der Waals surface area contributed by atoms with Crippen LogP contribution >= 0.6 is 0 Å². The van der Waals surface area contributed by atoms with Crippen LogP contribution in [-0.4, -0.2) is 38.0 Å². The number of aromatic nitrogens is 4. The van der Waals surface area contributed by atoms with Gasteiger partial charge in [0.05, 0.1) is 19.3 Å². The summed E-state index contributed by atoms with van der Waals surface area (Å²) < 4.78 is 44.0. The first-order valence-electron chi connectivity index (χ1n) is 8.84. The molecule has 2 N–H and O–H groups in total. The Hall–Kier alpha value is -3.46. The number of rotatable bonds is 6. The van der Waals surface area contributed by atoms with Crippen molar-refractivity contribution in [3.05, 3.63) is 71.7 Å². The highest BCUT2D eigenvalue weighted by molar-refractivity contribution is 5.92. The Balaban J connectivity index is 1.84. The van der Waals surface area contributed by atoms with Crippen LogP contribution in [0, 0.1) is 17.5 Å². The number of halogens is 3. The molecule has 9 heteroatoms. The summed E-state index contributed by atoms with van der Waals surface area (Å²) in [6.45, 7) is -0.102.